The number of rotatable bonds is 4. The molecule has 0 bridgehead atoms. The SMILES string of the molecule is CC(Cn1nnnc1C1CCC1)C(=O)O. The second-order valence-corrected chi connectivity index (χ2v) is 4.09. The smallest absolute Gasteiger partial charge is 0.308 e. The zero-order valence-electron chi connectivity index (χ0n) is 8.63. The lowest BCUT2D eigenvalue weighted by molar-refractivity contribution is -0.141. The van der Waals surface area contributed by atoms with Gasteiger partial charge in [-0.15, -0.1) is 5.10 Å². The van der Waals surface area contributed by atoms with Gasteiger partial charge in [0, 0.05) is 5.92 Å². The summed E-state index contributed by atoms with van der Waals surface area (Å²) in [6, 6.07) is 0. The van der Waals surface area contributed by atoms with Gasteiger partial charge in [0.25, 0.3) is 0 Å². The molecule has 1 atom stereocenters. The van der Waals surface area contributed by atoms with Gasteiger partial charge in [-0.25, -0.2) is 4.68 Å². The van der Waals surface area contributed by atoms with E-state index in [9.17, 15) is 4.79 Å². The Labute approximate surface area is 87.3 Å². The average Bonchev–Trinajstić information content (AvgIpc) is 2.50. The number of hydrogen-bond acceptors (Lipinski definition) is 4. The van der Waals surface area contributed by atoms with Crippen LogP contribution in [0.1, 0.15) is 37.9 Å². The average molecular weight is 210 g/mol. The van der Waals surface area contributed by atoms with E-state index in [0.717, 1.165) is 18.7 Å². The first-order valence-corrected chi connectivity index (χ1v) is 5.17. The fraction of sp³-hybridized carbons (Fsp3) is 0.778. The molecule has 2 rings (SSSR count). The molecule has 1 aromatic heterocycles. The minimum Gasteiger partial charge on any atom is -0.481 e. The van der Waals surface area contributed by atoms with Crippen molar-refractivity contribution >= 4 is 5.97 Å². The fourth-order valence-electron chi connectivity index (χ4n) is 1.64. The molecule has 0 radical (unpaired) electrons. The number of carboxylic acid groups (broad SMARTS) is 1. The lowest BCUT2D eigenvalue weighted by atomic mass is 9.85. The number of carbonyl (C=O) groups is 1. The van der Waals surface area contributed by atoms with Crippen LogP contribution in [0, 0.1) is 5.92 Å². The summed E-state index contributed by atoms with van der Waals surface area (Å²) in [5.74, 6) is 0.00716. The van der Waals surface area contributed by atoms with E-state index < -0.39 is 11.9 Å². The molecule has 1 unspecified atom stereocenters. The minimum absolute atomic E-state index is 0.355. The van der Waals surface area contributed by atoms with Gasteiger partial charge in [-0.1, -0.05) is 13.3 Å². The van der Waals surface area contributed by atoms with Crippen molar-refractivity contribution in [1.82, 2.24) is 20.2 Å². The van der Waals surface area contributed by atoms with E-state index in [4.69, 9.17) is 5.11 Å². The molecule has 82 valence electrons. The predicted molar refractivity (Wildman–Crippen MR) is 51.2 cm³/mol. The third kappa shape index (κ3) is 1.98. The Kier molecular flexibility index (Phi) is 2.66. The van der Waals surface area contributed by atoms with E-state index >= 15 is 0 Å². The Hall–Kier alpha value is -1.46. The standard InChI is InChI=1S/C9H14N4O2/c1-6(9(14)15)5-13-8(10-11-12-13)7-3-2-4-7/h6-7H,2-5H2,1H3,(H,14,15). The molecule has 0 aliphatic heterocycles. The molecule has 6 heteroatoms. The van der Waals surface area contributed by atoms with Gasteiger partial charge >= 0.3 is 5.97 Å². The molecule has 1 heterocycles. The molecule has 15 heavy (non-hydrogen) atoms. The molecular formula is C9H14N4O2. The van der Waals surface area contributed by atoms with Gasteiger partial charge in [-0.2, -0.15) is 0 Å². The summed E-state index contributed by atoms with van der Waals surface area (Å²) in [5, 5.41) is 20.2. The van der Waals surface area contributed by atoms with Gasteiger partial charge in [0.2, 0.25) is 0 Å². The highest BCUT2D eigenvalue weighted by atomic mass is 16.4. The number of carboxylic acids is 1. The first-order chi connectivity index (χ1) is 7.18. The summed E-state index contributed by atoms with van der Waals surface area (Å²) >= 11 is 0. The van der Waals surface area contributed by atoms with Crippen LogP contribution in [-0.2, 0) is 11.3 Å². The molecule has 1 fully saturated rings. The van der Waals surface area contributed by atoms with Crippen molar-refractivity contribution in [3.8, 4) is 0 Å². The van der Waals surface area contributed by atoms with Crippen LogP contribution in [-0.4, -0.2) is 31.3 Å². The zero-order valence-corrected chi connectivity index (χ0v) is 8.63. The summed E-state index contributed by atoms with van der Waals surface area (Å²) in [7, 11) is 0. The Morgan fingerprint density at radius 2 is 2.40 bits per heavy atom. The number of aliphatic carboxylic acids is 1. The van der Waals surface area contributed by atoms with E-state index in [1.165, 1.54) is 6.42 Å². The van der Waals surface area contributed by atoms with Gasteiger partial charge in [-0.3, -0.25) is 4.79 Å². The first-order valence-electron chi connectivity index (χ1n) is 5.17. The molecule has 1 saturated carbocycles. The number of aromatic nitrogens is 4. The molecule has 1 aliphatic carbocycles. The first kappa shape index (κ1) is 10.1. The van der Waals surface area contributed by atoms with Crippen molar-refractivity contribution in [3.63, 3.8) is 0 Å². The Bertz CT molecular complexity index is 359. The highest BCUT2D eigenvalue weighted by Crippen LogP contribution is 2.34. The highest BCUT2D eigenvalue weighted by Gasteiger charge is 2.26. The maximum atomic E-state index is 10.7. The van der Waals surface area contributed by atoms with Crippen LogP contribution >= 0.6 is 0 Å². The third-order valence-electron chi connectivity index (χ3n) is 2.90. The van der Waals surface area contributed by atoms with Crippen molar-refractivity contribution in [1.29, 1.82) is 0 Å². The predicted octanol–water partition coefficient (Wildman–Crippen LogP) is 0.661. The molecule has 0 spiro atoms. The largest absolute Gasteiger partial charge is 0.481 e. The molecule has 1 aliphatic rings. The van der Waals surface area contributed by atoms with Gasteiger partial charge < -0.3 is 5.11 Å². The van der Waals surface area contributed by atoms with E-state index in [2.05, 4.69) is 15.5 Å². The van der Waals surface area contributed by atoms with Crippen molar-refractivity contribution < 1.29 is 9.90 Å². The molecule has 1 N–H and O–H groups in total. The normalized spacial score (nSPS) is 18.5. The number of hydrogen-bond donors (Lipinski definition) is 1. The van der Waals surface area contributed by atoms with Gasteiger partial charge in [-0.05, 0) is 23.3 Å². The van der Waals surface area contributed by atoms with Crippen LogP contribution in [0.15, 0.2) is 0 Å². The molecule has 6 nitrogen and oxygen atoms in total. The van der Waals surface area contributed by atoms with Gasteiger partial charge in [0.05, 0.1) is 12.5 Å². The van der Waals surface area contributed by atoms with Crippen LogP contribution in [0.25, 0.3) is 0 Å². The third-order valence-corrected chi connectivity index (χ3v) is 2.90. The summed E-state index contributed by atoms with van der Waals surface area (Å²) in [6.07, 6.45) is 3.44. The lowest BCUT2D eigenvalue weighted by Gasteiger charge is -2.24. The van der Waals surface area contributed by atoms with Crippen molar-refractivity contribution in [2.75, 3.05) is 0 Å². The Morgan fingerprint density at radius 1 is 1.67 bits per heavy atom. The van der Waals surface area contributed by atoms with Crippen LogP contribution in [0.3, 0.4) is 0 Å². The number of tetrazole rings is 1. The number of nitrogens with zero attached hydrogens (tertiary/aromatic N) is 4. The topological polar surface area (TPSA) is 80.9 Å². The van der Waals surface area contributed by atoms with Crippen molar-refractivity contribution in [3.05, 3.63) is 5.82 Å². The van der Waals surface area contributed by atoms with Crippen LogP contribution in [0.4, 0.5) is 0 Å². The molecule has 0 aromatic carbocycles. The van der Waals surface area contributed by atoms with E-state index in [-0.39, 0.29) is 0 Å². The summed E-state index contributed by atoms with van der Waals surface area (Å²) in [6.45, 7) is 2.02. The maximum absolute atomic E-state index is 10.7. The molecule has 0 saturated heterocycles. The maximum Gasteiger partial charge on any atom is 0.308 e. The van der Waals surface area contributed by atoms with Crippen molar-refractivity contribution in [2.24, 2.45) is 5.92 Å². The molecular weight excluding hydrogens is 196 g/mol. The van der Waals surface area contributed by atoms with E-state index in [1.807, 2.05) is 0 Å². The monoisotopic (exact) mass is 210 g/mol. The van der Waals surface area contributed by atoms with Gasteiger partial charge in [0.15, 0.2) is 5.82 Å². The molecule has 0 amide bonds. The van der Waals surface area contributed by atoms with Crippen LogP contribution in [0.2, 0.25) is 0 Å². The second-order valence-electron chi connectivity index (χ2n) is 4.09. The minimum atomic E-state index is -0.815. The summed E-state index contributed by atoms with van der Waals surface area (Å²) in [4.78, 5) is 10.7. The summed E-state index contributed by atoms with van der Waals surface area (Å²) < 4.78 is 1.63. The van der Waals surface area contributed by atoms with E-state index in [0.29, 0.717) is 12.5 Å². The lowest BCUT2D eigenvalue weighted by Crippen LogP contribution is -2.22. The Morgan fingerprint density at radius 3 is 2.93 bits per heavy atom. The zero-order chi connectivity index (χ0) is 10.8. The molecule has 1 aromatic rings. The van der Waals surface area contributed by atoms with Crippen LogP contribution in [0.5, 0.6) is 0 Å². The summed E-state index contributed by atoms with van der Waals surface area (Å²) in [5.41, 5.74) is 0. The fourth-order valence-corrected chi connectivity index (χ4v) is 1.64. The van der Waals surface area contributed by atoms with Crippen LogP contribution < -0.4 is 0 Å². The Balaban J connectivity index is 2.07. The quantitative estimate of drug-likeness (QED) is 0.789. The van der Waals surface area contributed by atoms with E-state index in [1.54, 1.807) is 11.6 Å². The van der Waals surface area contributed by atoms with Gasteiger partial charge in [0.1, 0.15) is 0 Å². The second kappa shape index (κ2) is 3.96. The highest BCUT2D eigenvalue weighted by molar-refractivity contribution is 5.69. The van der Waals surface area contributed by atoms with Crippen molar-refractivity contribution in [2.45, 2.75) is 38.6 Å².